The molecule has 1 aromatic carbocycles. The van der Waals surface area contributed by atoms with Crippen LogP contribution in [0.15, 0.2) is 23.1 Å². The highest BCUT2D eigenvalue weighted by Gasteiger charge is 2.11. The minimum Gasteiger partial charge on any atom is -0.294 e. The Hall–Kier alpha value is -0.470. The zero-order valence-corrected chi connectivity index (χ0v) is 11.3. The number of halogens is 1. The van der Waals surface area contributed by atoms with Crippen LogP contribution in [-0.4, -0.2) is 17.4 Å². The van der Waals surface area contributed by atoms with Crippen LogP contribution in [0.25, 0.3) is 0 Å². The standard InChI is InChI=1S/C13H17ClOS/c1-3-8-16-13-5-4-10(2)9-11(13)12(15)6-7-14/h4-5,9H,3,6-8H2,1-2H3. The number of ketones is 1. The normalized spacial score (nSPS) is 10.4. The van der Waals surface area contributed by atoms with Crippen molar-refractivity contribution in [1.82, 2.24) is 0 Å². The summed E-state index contributed by atoms with van der Waals surface area (Å²) in [4.78, 5) is 13.0. The van der Waals surface area contributed by atoms with E-state index in [9.17, 15) is 4.79 Å². The van der Waals surface area contributed by atoms with E-state index < -0.39 is 0 Å². The van der Waals surface area contributed by atoms with Gasteiger partial charge in [0.15, 0.2) is 5.78 Å². The summed E-state index contributed by atoms with van der Waals surface area (Å²) in [5, 5.41) is 0. The molecule has 0 atom stereocenters. The van der Waals surface area contributed by atoms with Crippen molar-refractivity contribution in [3.05, 3.63) is 29.3 Å². The van der Waals surface area contributed by atoms with Crippen LogP contribution >= 0.6 is 23.4 Å². The van der Waals surface area contributed by atoms with E-state index in [4.69, 9.17) is 11.6 Å². The first kappa shape index (κ1) is 13.6. The van der Waals surface area contributed by atoms with Gasteiger partial charge in [-0.15, -0.1) is 23.4 Å². The summed E-state index contributed by atoms with van der Waals surface area (Å²) in [5.41, 5.74) is 1.96. The van der Waals surface area contributed by atoms with Crippen molar-refractivity contribution in [1.29, 1.82) is 0 Å². The van der Waals surface area contributed by atoms with Crippen LogP contribution in [-0.2, 0) is 0 Å². The maximum Gasteiger partial charge on any atom is 0.165 e. The highest BCUT2D eigenvalue weighted by Crippen LogP contribution is 2.25. The lowest BCUT2D eigenvalue weighted by Crippen LogP contribution is -2.02. The fourth-order valence-corrected chi connectivity index (χ4v) is 2.51. The first-order valence-electron chi connectivity index (χ1n) is 5.51. The Bertz CT molecular complexity index is 363. The molecule has 0 radical (unpaired) electrons. The predicted octanol–water partition coefficient (Wildman–Crippen LogP) is 4.31. The Kier molecular flexibility index (Phi) is 5.93. The number of Topliss-reactive ketones (excluding diaryl/α,β-unsaturated/α-hetero) is 1. The quantitative estimate of drug-likeness (QED) is 0.429. The van der Waals surface area contributed by atoms with Gasteiger partial charge in [0.1, 0.15) is 0 Å². The third-order valence-electron chi connectivity index (χ3n) is 2.22. The molecule has 0 aromatic heterocycles. The van der Waals surface area contributed by atoms with Crippen molar-refractivity contribution in [3.63, 3.8) is 0 Å². The SMILES string of the molecule is CCCSc1ccc(C)cc1C(=O)CCCl. The van der Waals surface area contributed by atoms with Crippen molar-refractivity contribution in [3.8, 4) is 0 Å². The summed E-state index contributed by atoms with van der Waals surface area (Å²) in [6, 6.07) is 6.06. The zero-order chi connectivity index (χ0) is 12.0. The highest BCUT2D eigenvalue weighted by atomic mass is 35.5. The van der Waals surface area contributed by atoms with Crippen LogP contribution in [0, 0.1) is 6.92 Å². The lowest BCUT2D eigenvalue weighted by molar-refractivity contribution is 0.0986. The van der Waals surface area contributed by atoms with E-state index in [0.717, 1.165) is 28.2 Å². The lowest BCUT2D eigenvalue weighted by Gasteiger charge is -2.08. The molecule has 16 heavy (non-hydrogen) atoms. The smallest absolute Gasteiger partial charge is 0.165 e. The van der Waals surface area contributed by atoms with Gasteiger partial charge in [-0.2, -0.15) is 0 Å². The molecule has 0 N–H and O–H groups in total. The van der Waals surface area contributed by atoms with Gasteiger partial charge in [0.05, 0.1) is 0 Å². The van der Waals surface area contributed by atoms with E-state index in [1.807, 2.05) is 19.1 Å². The zero-order valence-electron chi connectivity index (χ0n) is 9.75. The molecule has 1 nitrogen and oxygen atoms in total. The molecule has 0 saturated heterocycles. The highest BCUT2D eigenvalue weighted by molar-refractivity contribution is 7.99. The van der Waals surface area contributed by atoms with Gasteiger partial charge in [-0.3, -0.25) is 4.79 Å². The Morgan fingerprint density at radius 3 is 2.81 bits per heavy atom. The summed E-state index contributed by atoms with van der Waals surface area (Å²) >= 11 is 7.36. The van der Waals surface area contributed by atoms with Crippen LogP contribution in [0.5, 0.6) is 0 Å². The molecule has 0 saturated carbocycles. The van der Waals surface area contributed by atoms with E-state index in [1.165, 1.54) is 0 Å². The number of thioether (sulfide) groups is 1. The third kappa shape index (κ3) is 3.84. The van der Waals surface area contributed by atoms with Gasteiger partial charge in [-0.1, -0.05) is 18.6 Å². The van der Waals surface area contributed by atoms with Crippen LogP contribution in [0.1, 0.15) is 35.7 Å². The maximum atomic E-state index is 11.9. The summed E-state index contributed by atoms with van der Waals surface area (Å²) in [5.74, 6) is 1.59. The fraction of sp³-hybridized carbons (Fsp3) is 0.462. The van der Waals surface area contributed by atoms with Crippen molar-refractivity contribution < 1.29 is 4.79 Å². The Morgan fingerprint density at radius 2 is 2.19 bits per heavy atom. The first-order chi connectivity index (χ1) is 7.69. The van der Waals surface area contributed by atoms with Gasteiger partial charge >= 0.3 is 0 Å². The van der Waals surface area contributed by atoms with Gasteiger partial charge in [0, 0.05) is 22.8 Å². The van der Waals surface area contributed by atoms with Crippen molar-refractivity contribution >= 4 is 29.1 Å². The summed E-state index contributed by atoms with van der Waals surface area (Å²) in [6.45, 7) is 4.15. The van der Waals surface area contributed by atoms with Crippen LogP contribution in [0.2, 0.25) is 0 Å². The van der Waals surface area contributed by atoms with Crippen LogP contribution in [0.3, 0.4) is 0 Å². The summed E-state index contributed by atoms with van der Waals surface area (Å²) in [7, 11) is 0. The number of aryl methyl sites for hydroxylation is 1. The van der Waals surface area contributed by atoms with Crippen molar-refractivity contribution in [2.45, 2.75) is 31.6 Å². The maximum absolute atomic E-state index is 11.9. The molecule has 3 heteroatoms. The molecule has 0 aliphatic heterocycles. The average molecular weight is 257 g/mol. The Labute approximate surface area is 107 Å². The van der Waals surface area contributed by atoms with E-state index in [1.54, 1.807) is 11.8 Å². The summed E-state index contributed by atoms with van der Waals surface area (Å²) < 4.78 is 0. The van der Waals surface area contributed by atoms with Gasteiger partial charge in [0.2, 0.25) is 0 Å². The molecule has 88 valence electrons. The monoisotopic (exact) mass is 256 g/mol. The van der Waals surface area contributed by atoms with Gasteiger partial charge < -0.3 is 0 Å². The molecule has 0 amide bonds. The average Bonchev–Trinajstić information content (AvgIpc) is 2.27. The largest absolute Gasteiger partial charge is 0.294 e. The molecule has 0 spiro atoms. The number of hydrogen-bond acceptors (Lipinski definition) is 2. The van der Waals surface area contributed by atoms with E-state index in [-0.39, 0.29) is 5.78 Å². The molecular formula is C13H17ClOS. The number of carbonyl (C=O) groups excluding carboxylic acids is 1. The molecule has 0 bridgehead atoms. The number of carbonyl (C=O) groups is 1. The molecule has 0 heterocycles. The first-order valence-corrected chi connectivity index (χ1v) is 7.03. The van der Waals surface area contributed by atoms with Crippen molar-refractivity contribution in [2.24, 2.45) is 0 Å². The molecule has 0 aliphatic carbocycles. The molecule has 0 unspecified atom stereocenters. The van der Waals surface area contributed by atoms with E-state index in [0.29, 0.717) is 12.3 Å². The summed E-state index contributed by atoms with van der Waals surface area (Å²) in [6.07, 6.45) is 1.53. The second kappa shape index (κ2) is 6.97. The minimum absolute atomic E-state index is 0.150. The number of alkyl halides is 1. The van der Waals surface area contributed by atoms with E-state index in [2.05, 4.69) is 13.0 Å². The van der Waals surface area contributed by atoms with Gasteiger partial charge in [-0.25, -0.2) is 0 Å². The molecule has 0 aliphatic rings. The molecular weight excluding hydrogens is 240 g/mol. The molecule has 1 aromatic rings. The van der Waals surface area contributed by atoms with Crippen LogP contribution < -0.4 is 0 Å². The second-order valence-electron chi connectivity index (χ2n) is 3.71. The number of hydrogen-bond donors (Lipinski definition) is 0. The van der Waals surface area contributed by atoms with Gasteiger partial charge in [-0.05, 0) is 31.2 Å². The minimum atomic E-state index is 0.150. The van der Waals surface area contributed by atoms with E-state index >= 15 is 0 Å². The second-order valence-corrected chi connectivity index (χ2v) is 5.22. The number of benzene rings is 1. The Morgan fingerprint density at radius 1 is 1.44 bits per heavy atom. The molecule has 0 fully saturated rings. The lowest BCUT2D eigenvalue weighted by atomic mass is 10.1. The van der Waals surface area contributed by atoms with Crippen LogP contribution in [0.4, 0.5) is 0 Å². The Balaban J connectivity index is 2.93. The number of rotatable bonds is 6. The predicted molar refractivity (Wildman–Crippen MR) is 71.9 cm³/mol. The molecule has 1 rings (SSSR count). The van der Waals surface area contributed by atoms with Crippen molar-refractivity contribution in [2.75, 3.05) is 11.6 Å². The topological polar surface area (TPSA) is 17.1 Å². The fourth-order valence-electron chi connectivity index (χ4n) is 1.42. The van der Waals surface area contributed by atoms with Gasteiger partial charge in [0.25, 0.3) is 0 Å². The third-order valence-corrected chi connectivity index (χ3v) is 3.69.